The molecular weight excluding hydrogens is 278 g/mol. The molecule has 2 amide bonds. The SMILES string of the molecule is O=C(NCC(=O)N1CCc2ccccc2C1)c1ccncc1. The molecule has 112 valence electrons. The van der Waals surface area contributed by atoms with E-state index in [-0.39, 0.29) is 18.4 Å². The Morgan fingerprint density at radius 2 is 1.82 bits per heavy atom. The standard InChI is InChI=1S/C17H17N3O2/c21-16(11-19-17(22)14-5-8-18-9-6-14)20-10-7-13-3-1-2-4-15(13)12-20/h1-6,8-9H,7,10-12H2,(H,19,22). The topological polar surface area (TPSA) is 62.3 Å². The summed E-state index contributed by atoms with van der Waals surface area (Å²) < 4.78 is 0. The molecule has 1 aromatic heterocycles. The Kier molecular flexibility index (Phi) is 4.14. The first-order chi connectivity index (χ1) is 10.7. The molecule has 0 unspecified atom stereocenters. The summed E-state index contributed by atoms with van der Waals surface area (Å²) in [4.78, 5) is 29.8. The molecule has 22 heavy (non-hydrogen) atoms. The van der Waals surface area contributed by atoms with Gasteiger partial charge in [0.1, 0.15) is 0 Å². The lowest BCUT2D eigenvalue weighted by molar-refractivity contribution is -0.131. The van der Waals surface area contributed by atoms with E-state index in [1.807, 2.05) is 18.2 Å². The number of hydrogen-bond donors (Lipinski definition) is 1. The predicted octanol–water partition coefficient (Wildman–Crippen LogP) is 1.40. The van der Waals surface area contributed by atoms with Crippen LogP contribution in [0.5, 0.6) is 0 Å². The van der Waals surface area contributed by atoms with Crippen LogP contribution in [-0.2, 0) is 17.8 Å². The predicted molar refractivity (Wildman–Crippen MR) is 82.1 cm³/mol. The van der Waals surface area contributed by atoms with Crippen LogP contribution in [0, 0.1) is 0 Å². The first-order valence-electron chi connectivity index (χ1n) is 7.27. The summed E-state index contributed by atoms with van der Waals surface area (Å²) in [6.45, 7) is 1.32. The fraction of sp³-hybridized carbons (Fsp3) is 0.235. The maximum atomic E-state index is 12.2. The molecule has 5 nitrogen and oxygen atoms in total. The van der Waals surface area contributed by atoms with Crippen molar-refractivity contribution in [2.45, 2.75) is 13.0 Å². The molecule has 0 radical (unpaired) electrons. The van der Waals surface area contributed by atoms with E-state index in [9.17, 15) is 9.59 Å². The second-order valence-corrected chi connectivity index (χ2v) is 5.25. The van der Waals surface area contributed by atoms with E-state index in [4.69, 9.17) is 0 Å². The summed E-state index contributed by atoms with van der Waals surface area (Å²) in [6, 6.07) is 11.4. The number of aromatic nitrogens is 1. The fourth-order valence-electron chi connectivity index (χ4n) is 2.58. The smallest absolute Gasteiger partial charge is 0.251 e. The fourth-order valence-corrected chi connectivity index (χ4v) is 2.58. The van der Waals surface area contributed by atoms with Crippen LogP contribution in [0.1, 0.15) is 21.5 Å². The Labute approximate surface area is 129 Å². The number of nitrogens with one attached hydrogen (secondary N) is 1. The minimum absolute atomic E-state index is 0.0172. The van der Waals surface area contributed by atoms with E-state index in [0.717, 1.165) is 6.42 Å². The molecule has 0 fully saturated rings. The highest BCUT2D eigenvalue weighted by Crippen LogP contribution is 2.18. The number of benzene rings is 1. The lowest BCUT2D eigenvalue weighted by Gasteiger charge is -2.29. The van der Waals surface area contributed by atoms with E-state index in [1.165, 1.54) is 11.1 Å². The third-order valence-electron chi connectivity index (χ3n) is 3.83. The zero-order valence-electron chi connectivity index (χ0n) is 12.2. The minimum Gasteiger partial charge on any atom is -0.343 e. The molecular formula is C17H17N3O2. The largest absolute Gasteiger partial charge is 0.343 e. The average Bonchev–Trinajstić information content (AvgIpc) is 2.59. The van der Waals surface area contributed by atoms with Crippen LogP contribution >= 0.6 is 0 Å². The molecule has 0 spiro atoms. The van der Waals surface area contributed by atoms with Crippen molar-refractivity contribution in [1.29, 1.82) is 0 Å². The Hall–Kier alpha value is -2.69. The van der Waals surface area contributed by atoms with Crippen molar-refractivity contribution in [1.82, 2.24) is 15.2 Å². The van der Waals surface area contributed by atoms with Crippen LogP contribution in [0.25, 0.3) is 0 Å². The molecule has 5 heteroatoms. The first kappa shape index (κ1) is 14.3. The molecule has 0 bridgehead atoms. The van der Waals surface area contributed by atoms with Crippen molar-refractivity contribution in [2.24, 2.45) is 0 Å². The Balaban J connectivity index is 1.56. The van der Waals surface area contributed by atoms with E-state index in [0.29, 0.717) is 18.7 Å². The molecule has 1 aromatic carbocycles. The maximum absolute atomic E-state index is 12.2. The zero-order valence-corrected chi connectivity index (χ0v) is 12.2. The summed E-state index contributed by atoms with van der Waals surface area (Å²) in [7, 11) is 0. The second-order valence-electron chi connectivity index (χ2n) is 5.25. The molecule has 0 saturated heterocycles. The van der Waals surface area contributed by atoms with Gasteiger partial charge in [-0.05, 0) is 29.7 Å². The van der Waals surface area contributed by atoms with Crippen molar-refractivity contribution in [3.63, 3.8) is 0 Å². The lowest BCUT2D eigenvalue weighted by atomic mass is 10.00. The summed E-state index contributed by atoms with van der Waals surface area (Å²) in [5.41, 5.74) is 2.99. The third kappa shape index (κ3) is 3.14. The quantitative estimate of drug-likeness (QED) is 0.931. The highest BCUT2D eigenvalue weighted by Gasteiger charge is 2.20. The number of carbonyl (C=O) groups excluding carboxylic acids is 2. The van der Waals surface area contributed by atoms with Crippen molar-refractivity contribution in [2.75, 3.05) is 13.1 Å². The van der Waals surface area contributed by atoms with Gasteiger partial charge in [-0.25, -0.2) is 0 Å². The highest BCUT2D eigenvalue weighted by molar-refractivity contribution is 5.96. The molecule has 2 aromatic rings. The van der Waals surface area contributed by atoms with Gasteiger partial charge >= 0.3 is 0 Å². The van der Waals surface area contributed by atoms with Crippen molar-refractivity contribution >= 4 is 11.8 Å². The molecule has 1 aliphatic heterocycles. The van der Waals surface area contributed by atoms with Gasteiger partial charge in [-0.2, -0.15) is 0 Å². The monoisotopic (exact) mass is 295 g/mol. The van der Waals surface area contributed by atoms with Gasteiger partial charge in [0.15, 0.2) is 0 Å². The van der Waals surface area contributed by atoms with Gasteiger partial charge in [0, 0.05) is 31.0 Å². The number of carbonyl (C=O) groups is 2. The van der Waals surface area contributed by atoms with Crippen LogP contribution in [-0.4, -0.2) is 34.8 Å². The molecule has 1 N–H and O–H groups in total. The van der Waals surface area contributed by atoms with E-state index in [2.05, 4.69) is 16.4 Å². The molecule has 0 saturated carbocycles. The average molecular weight is 295 g/mol. The van der Waals surface area contributed by atoms with Gasteiger partial charge in [-0.3, -0.25) is 14.6 Å². The molecule has 1 aliphatic rings. The number of hydrogen-bond acceptors (Lipinski definition) is 3. The molecule has 3 rings (SSSR count). The summed E-state index contributed by atoms with van der Waals surface area (Å²) in [5.74, 6) is -0.315. The Morgan fingerprint density at radius 1 is 1.09 bits per heavy atom. The van der Waals surface area contributed by atoms with Gasteiger partial charge in [0.25, 0.3) is 5.91 Å². The maximum Gasteiger partial charge on any atom is 0.251 e. The van der Waals surface area contributed by atoms with Crippen molar-refractivity contribution in [3.8, 4) is 0 Å². The van der Waals surface area contributed by atoms with Gasteiger partial charge in [0.2, 0.25) is 5.91 Å². The third-order valence-corrected chi connectivity index (χ3v) is 3.83. The lowest BCUT2D eigenvalue weighted by Crippen LogP contribution is -2.42. The van der Waals surface area contributed by atoms with E-state index >= 15 is 0 Å². The zero-order chi connectivity index (χ0) is 15.4. The second kappa shape index (κ2) is 6.39. The van der Waals surface area contributed by atoms with Gasteiger partial charge in [-0.15, -0.1) is 0 Å². The number of pyridine rings is 1. The molecule has 0 aliphatic carbocycles. The van der Waals surface area contributed by atoms with Crippen molar-refractivity contribution < 1.29 is 9.59 Å². The summed E-state index contributed by atoms with van der Waals surface area (Å²) in [6.07, 6.45) is 3.97. The highest BCUT2D eigenvalue weighted by atomic mass is 16.2. The summed E-state index contributed by atoms with van der Waals surface area (Å²) in [5, 5.41) is 2.66. The van der Waals surface area contributed by atoms with Crippen LogP contribution in [0.2, 0.25) is 0 Å². The van der Waals surface area contributed by atoms with Crippen molar-refractivity contribution in [3.05, 3.63) is 65.5 Å². The normalized spacial score (nSPS) is 13.4. The Bertz CT molecular complexity index is 685. The minimum atomic E-state index is -0.256. The van der Waals surface area contributed by atoms with Crippen LogP contribution in [0.4, 0.5) is 0 Å². The molecule has 2 heterocycles. The number of fused-ring (bicyclic) bond motifs is 1. The van der Waals surface area contributed by atoms with Crippen LogP contribution in [0.15, 0.2) is 48.8 Å². The summed E-state index contributed by atoms with van der Waals surface area (Å²) >= 11 is 0. The first-order valence-corrected chi connectivity index (χ1v) is 7.27. The number of rotatable bonds is 3. The number of nitrogens with zero attached hydrogens (tertiary/aromatic N) is 2. The van der Waals surface area contributed by atoms with Gasteiger partial charge in [0.05, 0.1) is 6.54 Å². The van der Waals surface area contributed by atoms with Crippen LogP contribution in [0.3, 0.4) is 0 Å². The number of amides is 2. The Morgan fingerprint density at radius 3 is 2.59 bits per heavy atom. The van der Waals surface area contributed by atoms with Crippen LogP contribution < -0.4 is 5.32 Å². The van der Waals surface area contributed by atoms with Gasteiger partial charge < -0.3 is 10.2 Å². The van der Waals surface area contributed by atoms with E-state index < -0.39 is 0 Å². The molecule has 0 atom stereocenters. The van der Waals surface area contributed by atoms with Gasteiger partial charge in [-0.1, -0.05) is 24.3 Å². The van der Waals surface area contributed by atoms with E-state index in [1.54, 1.807) is 29.4 Å².